The SMILES string of the molecule is COCC(CNC[C@@H]1CNC[C@H]1C)OC. The van der Waals surface area contributed by atoms with E-state index in [1.54, 1.807) is 14.2 Å². The zero-order valence-corrected chi connectivity index (χ0v) is 10.1. The largest absolute Gasteiger partial charge is 0.382 e. The van der Waals surface area contributed by atoms with E-state index in [2.05, 4.69) is 17.6 Å². The lowest BCUT2D eigenvalue weighted by atomic mass is 9.98. The zero-order valence-electron chi connectivity index (χ0n) is 10.1. The van der Waals surface area contributed by atoms with Gasteiger partial charge in [-0.25, -0.2) is 0 Å². The average Bonchev–Trinajstić information content (AvgIpc) is 2.63. The normalized spacial score (nSPS) is 28.2. The van der Waals surface area contributed by atoms with Gasteiger partial charge in [0.25, 0.3) is 0 Å². The fourth-order valence-electron chi connectivity index (χ4n) is 1.96. The van der Waals surface area contributed by atoms with Crippen molar-refractivity contribution in [2.45, 2.75) is 13.0 Å². The van der Waals surface area contributed by atoms with E-state index in [0.717, 1.165) is 38.0 Å². The summed E-state index contributed by atoms with van der Waals surface area (Å²) >= 11 is 0. The number of ether oxygens (including phenoxy) is 2. The van der Waals surface area contributed by atoms with Crippen molar-refractivity contribution in [2.24, 2.45) is 11.8 Å². The van der Waals surface area contributed by atoms with Gasteiger partial charge in [0.1, 0.15) is 0 Å². The van der Waals surface area contributed by atoms with Crippen molar-refractivity contribution in [3.8, 4) is 0 Å². The molecule has 0 aliphatic carbocycles. The molecule has 0 aromatic carbocycles. The van der Waals surface area contributed by atoms with Crippen molar-refractivity contribution in [2.75, 3.05) is 47.0 Å². The second kappa shape index (κ2) is 7.17. The number of methoxy groups -OCH3 is 2. The third-order valence-corrected chi connectivity index (χ3v) is 3.14. The van der Waals surface area contributed by atoms with E-state index < -0.39 is 0 Å². The standard InChI is InChI=1S/C11H24N2O2/c1-9-4-12-5-10(9)6-13-7-11(15-3)8-14-2/h9-13H,4-8H2,1-3H3/t9-,10+,11?/m1/s1. The molecule has 0 aromatic rings. The molecule has 1 unspecified atom stereocenters. The van der Waals surface area contributed by atoms with Gasteiger partial charge in [-0.15, -0.1) is 0 Å². The van der Waals surface area contributed by atoms with Crippen LogP contribution in [0.25, 0.3) is 0 Å². The lowest BCUT2D eigenvalue weighted by Crippen LogP contribution is -2.36. The minimum absolute atomic E-state index is 0.166. The molecular formula is C11H24N2O2. The van der Waals surface area contributed by atoms with Crippen molar-refractivity contribution in [1.82, 2.24) is 10.6 Å². The van der Waals surface area contributed by atoms with E-state index in [1.165, 1.54) is 0 Å². The summed E-state index contributed by atoms with van der Waals surface area (Å²) < 4.78 is 10.3. The van der Waals surface area contributed by atoms with Gasteiger partial charge in [-0.1, -0.05) is 6.92 Å². The first kappa shape index (κ1) is 12.9. The second-order valence-electron chi connectivity index (χ2n) is 4.37. The van der Waals surface area contributed by atoms with E-state index in [9.17, 15) is 0 Å². The van der Waals surface area contributed by atoms with E-state index in [4.69, 9.17) is 9.47 Å². The molecule has 4 nitrogen and oxygen atoms in total. The molecule has 0 amide bonds. The third-order valence-electron chi connectivity index (χ3n) is 3.14. The second-order valence-corrected chi connectivity index (χ2v) is 4.37. The molecule has 0 radical (unpaired) electrons. The van der Waals surface area contributed by atoms with E-state index in [0.29, 0.717) is 6.61 Å². The molecule has 1 aliphatic heterocycles. The summed E-state index contributed by atoms with van der Waals surface area (Å²) in [6, 6.07) is 0. The van der Waals surface area contributed by atoms with Crippen LogP contribution in [0.1, 0.15) is 6.92 Å². The van der Waals surface area contributed by atoms with Crippen LogP contribution >= 0.6 is 0 Å². The Morgan fingerprint density at radius 3 is 2.73 bits per heavy atom. The molecule has 1 rings (SSSR count). The van der Waals surface area contributed by atoms with Crippen LogP contribution in [-0.2, 0) is 9.47 Å². The van der Waals surface area contributed by atoms with Gasteiger partial charge in [-0.05, 0) is 31.5 Å². The first-order valence-corrected chi connectivity index (χ1v) is 5.71. The van der Waals surface area contributed by atoms with Gasteiger partial charge in [-0.2, -0.15) is 0 Å². The summed E-state index contributed by atoms with van der Waals surface area (Å²) in [6.07, 6.45) is 0.166. The van der Waals surface area contributed by atoms with Gasteiger partial charge in [0.05, 0.1) is 12.7 Å². The fourth-order valence-corrected chi connectivity index (χ4v) is 1.96. The van der Waals surface area contributed by atoms with Gasteiger partial charge in [0.2, 0.25) is 0 Å². The van der Waals surface area contributed by atoms with Crippen molar-refractivity contribution in [1.29, 1.82) is 0 Å². The summed E-state index contributed by atoms with van der Waals surface area (Å²) in [6.45, 7) is 7.18. The van der Waals surface area contributed by atoms with Crippen LogP contribution < -0.4 is 10.6 Å². The first-order chi connectivity index (χ1) is 7.27. The van der Waals surface area contributed by atoms with Crippen LogP contribution in [0.2, 0.25) is 0 Å². The minimum atomic E-state index is 0.166. The molecule has 1 aliphatic rings. The Morgan fingerprint density at radius 1 is 1.40 bits per heavy atom. The Kier molecular flexibility index (Phi) is 6.17. The molecule has 1 saturated heterocycles. The minimum Gasteiger partial charge on any atom is -0.382 e. The molecule has 15 heavy (non-hydrogen) atoms. The zero-order chi connectivity index (χ0) is 11.1. The maximum atomic E-state index is 5.28. The van der Waals surface area contributed by atoms with Crippen LogP contribution in [0.15, 0.2) is 0 Å². The maximum Gasteiger partial charge on any atom is 0.0928 e. The number of hydrogen-bond acceptors (Lipinski definition) is 4. The van der Waals surface area contributed by atoms with E-state index >= 15 is 0 Å². The topological polar surface area (TPSA) is 42.5 Å². The highest BCUT2D eigenvalue weighted by molar-refractivity contribution is 4.79. The number of hydrogen-bond donors (Lipinski definition) is 2. The summed E-state index contributed by atoms with van der Waals surface area (Å²) in [5.41, 5.74) is 0. The molecule has 90 valence electrons. The quantitative estimate of drug-likeness (QED) is 0.633. The molecule has 0 saturated carbocycles. The summed E-state index contributed by atoms with van der Waals surface area (Å²) in [4.78, 5) is 0. The van der Waals surface area contributed by atoms with Gasteiger partial charge >= 0.3 is 0 Å². The van der Waals surface area contributed by atoms with Gasteiger partial charge in [-0.3, -0.25) is 0 Å². The average molecular weight is 216 g/mol. The van der Waals surface area contributed by atoms with Gasteiger partial charge in [0.15, 0.2) is 0 Å². The monoisotopic (exact) mass is 216 g/mol. The Labute approximate surface area is 92.7 Å². The lowest BCUT2D eigenvalue weighted by molar-refractivity contribution is 0.0284. The lowest BCUT2D eigenvalue weighted by Gasteiger charge is -2.18. The Morgan fingerprint density at radius 2 is 2.20 bits per heavy atom. The Hall–Kier alpha value is -0.160. The smallest absolute Gasteiger partial charge is 0.0928 e. The molecule has 0 aromatic heterocycles. The molecule has 0 spiro atoms. The number of rotatable bonds is 7. The van der Waals surface area contributed by atoms with E-state index in [1.807, 2.05) is 0 Å². The predicted molar refractivity (Wildman–Crippen MR) is 61.1 cm³/mol. The summed E-state index contributed by atoms with van der Waals surface area (Å²) in [5, 5.41) is 6.85. The van der Waals surface area contributed by atoms with Gasteiger partial charge in [0, 0.05) is 20.8 Å². The van der Waals surface area contributed by atoms with Crippen LogP contribution in [0.3, 0.4) is 0 Å². The highest BCUT2D eigenvalue weighted by Gasteiger charge is 2.22. The molecule has 2 N–H and O–H groups in total. The van der Waals surface area contributed by atoms with Crippen molar-refractivity contribution in [3.05, 3.63) is 0 Å². The summed E-state index contributed by atoms with van der Waals surface area (Å²) in [7, 11) is 3.43. The fraction of sp³-hybridized carbons (Fsp3) is 1.00. The van der Waals surface area contributed by atoms with Crippen LogP contribution in [-0.4, -0.2) is 53.1 Å². The van der Waals surface area contributed by atoms with Crippen molar-refractivity contribution < 1.29 is 9.47 Å². The first-order valence-electron chi connectivity index (χ1n) is 5.71. The highest BCUT2D eigenvalue weighted by atomic mass is 16.5. The van der Waals surface area contributed by atoms with E-state index in [-0.39, 0.29) is 6.10 Å². The molecule has 1 fully saturated rings. The Bertz CT molecular complexity index is 167. The maximum absolute atomic E-state index is 5.28. The van der Waals surface area contributed by atoms with Crippen LogP contribution in [0.4, 0.5) is 0 Å². The highest BCUT2D eigenvalue weighted by Crippen LogP contribution is 2.14. The molecule has 1 heterocycles. The van der Waals surface area contributed by atoms with Crippen molar-refractivity contribution in [3.63, 3.8) is 0 Å². The van der Waals surface area contributed by atoms with Gasteiger partial charge < -0.3 is 20.1 Å². The molecule has 4 heteroatoms. The molecular weight excluding hydrogens is 192 g/mol. The Balaban J connectivity index is 2.08. The van der Waals surface area contributed by atoms with Crippen molar-refractivity contribution >= 4 is 0 Å². The predicted octanol–water partition coefficient (Wildman–Crippen LogP) is 0.0929. The van der Waals surface area contributed by atoms with Crippen LogP contribution in [0.5, 0.6) is 0 Å². The number of nitrogens with one attached hydrogen (secondary N) is 2. The molecule has 3 atom stereocenters. The third kappa shape index (κ3) is 4.47. The summed E-state index contributed by atoms with van der Waals surface area (Å²) in [5.74, 6) is 1.53. The van der Waals surface area contributed by atoms with Crippen LogP contribution in [0, 0.1) is 11.8 Å². The molecule has 0 bridgehead atoms.